The Bertz CT molecular complexity index is 311. The third-order valence-electron chi connectivity index (χ3n) is 1.94. The van der Waals surface area contributed by atoms with Crippen LogP contribution < -0.4 is 10.8 Å². The summed E-state index contributed by atoms with van der Waals surface area (Å²) >= 11 is 1.04. The van der Waals surface area contributed by atoms with Crippen LogP contribution >= 0.6 is 11.8 Å². The standard InChI is InChI=1S/C9H15N3O4S/c1-15-3-2-4-16-12-7(13)5-6-8(14)11-9(10)17-6/h6H,2-5H2,1H3,(H,12,13)(H2,10,11,14). The molecule has 0 aromatic carbocycles. The molecule has 0 aliphatic carbocycles. The summed E-state index contributed by atoms with van der Waals surface area (Å²) < 4.78 is 4.81. The first-order valence-electron chi connectivity index (χ1n) is 5.09. The maximum absolute atomic E-state index is 11.4. The summed E-state index contributed by atoms with van der Waals surface area (Å²) in [6, 6.07) is 0. The van der Waals surface area contributed by atoms with Gasteiger partial charge in [0.05, 0.1) is 6.61 Å². The van der Waals surface area contributed by atoms with Crippen molar-refractivity contribution in [3.05, 3.63) is 0 Å². The van der Waals surface area contributed by atoms with E-state index in [0.717, 1.165) is 11.8 Å². The van der Waals surface area contributed by atoms with Crippen molar-refractivity contribution in [3.8, 4) is 0 Å². The Hall–Kier alpha value is -1.12. The van der Waals surface area contributed by atoms with Crippen LogP contribution in [0.2, 0.25) is 0 Å². The maximum atomic E-state index is 11.4. The minimum Gasteiger partial charge on any atom is -0.385 e. The molecule has 1 aliphatic rings. The number of carbonyl (C=O) groups excluding carboxylic acids is 2. The average Bonchev–Trinajstić information content (AvgIpc) is 2.57. The molecule has 0 saturated carbocycles. The zero-order valence-electron chi connectivity index (χ0n) is 9.45. The third kappa shape index (κ3) is 5.16. The Morgan fingerprint density at radius 1 is 1.59 bits per heavy atom. The highest BCUT2D eigenvalue weighted by atomic mass is 32.2. The summed E-state index contributed by atoms with van der Waals surface area (Å²) in [5, 5.41) is 9.09. The van der Waals surface area contributed by atoms with Gasteiger partial charge in [-0.3, -0.25) is 19.8 Å². The third-order valence-corrected chi connectivity index (χ3v) is 2.94. The van der Waals surface area contributed by atoms with E-state index in [9.17, 15) is 9.59 Å². The van der Waals surface area contributed by atoms with Crippen LogP contribution in [0.4, 0.5) is 0 Å². The molecule has 0 aromatic heterocycles. The Labute approximate surface area is 103 Å². The van der Waals surface area contributed by atoms with Crippen LogP contribution in [0.25, 0.3) is 0 Å². The van der Waals surface area contributed by atoms with Crippen LogP contribution in [0.1, 0.15) is 12.8 Å². The number of amidine groups is 1. The van der Waals surface area contributed by atoms with Gasteiger partial charge in [0.1, 0.15) is 5.25 Å². The first-order valence-corrected chi connectivity index (χ1v) is 5.97. The number of carbonyl (C=O) groups is 2. The van der Waals surface area contributed by atoms with E-state index >= 15 is 0 Å². The van der Waals surface area contributed by atoms with Gasteiger partial charge in [-0.25, -0.2) is 5.48 Å². The topological polar surface area (TPSA) is 101 Å². The van der Waals surface area contributed by atoms with Crippen LogP contribution in [0, 0.1) is 5.41 Å². The summed E-state index contributed by atoms with van der Waals surface area (Å²) in [6.45, 7) is 0.924. The zero-order chi connectivity index (χ0) is 12.7. The summed E-state index contributed by atoms with van der Waals surface area (Å²) in [6.07, 6.45) is 0.684. The van der Waals surface area contributed by atoms with Gasteiger partial charge >= 0.3 is 0 Å². The van der Waals surface area contributed by atoms with Crippen molar-refractivity contribution in [3.63, 3.8) is 0 Å². The molecule has 17 heavy (non-hydrogen) atoms. The molecule has 7 nitrogen and oxygen atoms in total. The molecule has 0 bridgehead atoms. The molecule has 0 radical (unpaired) electrons. The summed E-state index contributed by atoms with van der Waals surface area (Å²) in [7, 11) is 1.59. The van der Waals surface area contributed by atoms with Crippen molar-refractivity contribution in [2.75, 3.05) is 20.3 Å². The van der Waals surface area contributed by atoms with E-state index in [-0.39, 0.29) is 23.4 Å². The second-order valence-electron chi connectivity index (χ2n) is 3.35. The van der Waals surface area contributed by atoms with Crippen LogP contribution in [-0.4, -0.2) is 42.6 Å². The molecular weight excluding hydrogens is 246 g/mol. The van der Waals surface area contributed by atoms with E-state index in [1.165, 1.54) is 0 Å². The number of hydroxylamine groups is 1. The first-order chi connectivity index (χ1) is 8.13. The molecule has 1 saturated heterocycles. The van der Waals surface area contributed by atoms with Gasteiger partial charge in [0.15, 0.2) is 5.17 Å². The summed E-state index contributed by atoms with van der Waals surface area (Å²) in [4.78, 5) is 27.5. The number of thioether (sulfide) groups is 1. The van der Waals surface area contributed by atoms with E-state index in [2.05, 4.69) is 10.8 Å². The van der Waals surface area contributed by atoms with Crippen LogP contribution in [-0.2, 0) is 19.2 Å². The number of nitrogens with one attached hydrogen (secondary N) is 3. The molecule has 1 atom stereocenters. The molecule has 0 aromatic rings. The normalized spacial score (nSPS) is 19.2. The number of hydrogen-bond donors (Lipinski definition) is 3. The van der Waals surface area contributed by atoms with Crippen molar-refractivity contribution >= 4 is 28.7 Å². The van der Waals surface area contributed by atoms with E-state index < -0.39 is 5.25 Å². The number of methoxy groups -OCH3 is 1. The van der Waals surface area contributed by atoms with Crippen molar-refractivity contribution in [2.24, 2.45) is 0 Å². The SMILES string of the molecule is COCCCONC(=O)CC1SC(=N)NC1=O. The van der Waals surface area contributed by atoms with Gasteiger partial charge in [-0.1, -0.05) is 11.8 Å². The van der Waals surface area contributed by atoms with E-state index in [1.807, 2.05) is 0 Å². The fraction of sp³-hybridized carbons (Fsp3) is 0.667. The first kappa shape index (κ1) is 13.9. The van der Waals surface area contributed by atoms with Gasteiger partial charge in [-0.05, 0) is 6.42 Å². The van der Waals surface area contributed by atoms with Crippen LogP contribution in [0.5, 0.6) is 0 Å². The lowest BCUT2D eigenvalue weighted by molar-refractivity contribution is -0.135. The fourth-order valence-corrected chi connectivity index (χ4v) is 2.01. The number of hydrogen-bond acceptors (Lipinski definition) is 6. The smallest absolute Gasteiger partial charge is 0.245 e. The predicted molar refractivity (Wildman–Crippen MR) is 62.5 cm³/mol. The molecule has 1 unspecified atom stereocenters. The lowest BCUT2D eigenvalue weighted by atomic mass is 10.3. The van der Waals surface area contributed by atoms with Crippen molar-refractivity contribution < 1.29 is 19.2 Å². The zero-order valence-corrected chi connectivity index (χ0v) is 10.3. The predicted octanol–water partition coefficient (Wildman–Crippen LogP) is -0.373. The minimum atomic E-state index is -0.537. The molecule has 8 heteroatoms. The second kappa shape index (κ2) is 7.25. The monoisotopic (exact) mass is 261 g/mol. The van der Waals surface area contributed by atoms with Crippen molar-refractivity contribution in [1.82, 2.24) is 10.8 Å². The minimum absolute atomic E-state index is 0.00313. The summed E-state index contributed by atoms with van der Waals surface area (Å²) in [5.41, 5.74) is 2.25. The van der Waals surface area contributed by atoms with Crippen LogP contribution in [0.3, 0.4) is 0 Å². The number of rotatable bonds is 7. The molecule has 1 fully saturated rings. The molecule has 1 aliphatic heterocycles. The number of amides is 2. The highest BCUT2D eigenvalue weighted by Gasteiger charge is 2.31. The van der Waals surface area contributed by atoms with Gasteiger partial charge in [-0.2, -0.15) is 0 Å². The van der Waals surface area contributed by atoms with Gasteiger partial charge < -0.3 is 10.1 Å². The highest BCUT2D eigenvalue weighted by molar-refractivity contribution is 8.15. The Kier molecular flexibility index (Phi) is 5.95. The van der Waals surface area contributed by atoms with Gasteiger partial charge in [0, 0.05) is 20.1 Å². The molecule has 96 valence electrons. The lowest BCUT2D eigenvalue weighted by Gasteiger charge is -2.07. The Morgan fingerprint density at radius 3 is 2.94 bits per heavy atom. The Balaban J connectivity index is 2.12. The number of ether oxygens (including phenoxy) is 1. The van der Waals surface area contributed by atoms with Crippen LogP contribution in [0.15, 0.2) is 0 Å². The molecular formula is C9H15N3O4S. The maximum Gasteiger partial charge on any atom is 0.245 e. The van der Waals surface area contributed by atoms with Gasteiger partial charge in [0.25, 0.3) is 0 Å². The fourth-order valence-electron chi connectivity index (χ4n) is 1.17. The molecule has 0 spiro atoms. The summed E-state index contributed by atoms with van der Waals surface area (Å²) in [5.74, 6) is -0.681. The average molecular weight is 261 g/mol. The van der Waals surface area contributed by atoms with E-state index in [4.69, 9.17) is 15.0 Å². The Morgan fingerprint density at radius 2 is 2.35 bits per heavy atom. The molecule has 1 rings (SSSR count). The molecule has 2 amide bonds. The van der Waals surface area contributed by atoms with Gasteiger partial charge in [0.2, 0.25) is 11.8 Å². The largest absolute Gasteiger partial charge is 0.385 e. The highest BCUT2D eigenvalue weighted by Crippen LogP contribution is 2.20. The van der Waals surface area contributed by atoms with Gasteiger partial charge in [-0.15, -0.1) is 0 Å². The quantitative estimate of drug-likeness (QED) is 0.429. The van der Waals surface area contributed by atoms with Crippen molar-refractivity contribution in [1.29, 1.82) is 5.41 Å². The lowest BCUT2D eigenvalue weighted by Crippen LogP contribution is -2.31. The van der Waals surface area contributed by atoms with E-state index in [1.54, 1.807) is 7.11 Å². The second-order valence-corrected chi connectivity index (χ2v) is 4.56. The molecule has 1 heterocycles. The van der Waals surface area contributed by atoms with Crippen molar-refractivity contribution in [2.45, 2.75) is 18.1 Å². The van der Waals surface area contributed by atoms with E-state index in [0.29, 0.717) is 19.6 Å². The molecule has 3 N–H and O–H groups in total.